The number of aromatic nitrogens is 1. The number of hydrogen-bond donors (Lipinski definition) is 3. The summed E-state index contributed by atoms with van der Waals surface area (Å²) in [5.74, 6) is 0.189. The van der Waals surface area contributed by atoms with Gasteiger partial charge in [-0.2, -0.15) is 0 Å². The minimum atomic E-state index is -3.39. The van der Waals surface area contributed by atoms with Crippen molar-refractivity contribution in [1.29, 1.82) is 0 Å². The van der Waals surface area contributed by atoms with Crippen molar-refractivity contribution in [3.63, 3.8) is 0 Å². The summed E-state index contributed by atoms with van der Waals surface area (Å²) < 4.78 is 24.8. The number of rotatable bonds is 6. The highest BCUT2D eigenvalue weighted by Gasteiger charge is 2.35. The van der Waals surface area contributed by atoms with Crippen molar-refractivity contribution in [2.24, 2.45) is 5.92 Å². The molecule has 2 aliphatic rings. The van der Waals surface area contributed by atoms with Gasteiger partial charge in [-0.25, -0.2) is 13.4 Å². The van der Waals surface area contributed by atoms with Gasteiger partial charge in [0.25, 0.3) is 0 Å². The summed E-state index contributed by atoms with van der Waals surface area (Å²) in [5.41, 5.74) is 0.514. The lowest BCUT2D eigenvalue weighted by Crippen LogP contribution is -2.58. The van der Waals surface area contributed by atoms with Crippen molar-refractivity contribution in [3.05, 3.63) is 23.2 Å². The van der Waals surface area contributed by atoms with E-state index in [4.69, 9.17) is 0 Å². The van der Waals surface area contributed by atoms with E-state index < -0.39 is 10.0 Å². The highest BCUT2D eigenvalue weighted by atomic mass is 32.2. The van der Waals surface area contributed by atoms with Crippen molar-refractivity contribution in [1.82, 2.24) is 15.6 Å². The number of carbonyl (C=O) groups is 2. The molecule has 1 saturated heterocycles. The van der Waals surface area contributed by atoms with Crippen molar-refractivity contribution < 1.29 is 18.0 Å². The van der Waals surface area contributed by atoms with E-state index in [0.717, 1.165) is 36.9 Å². The predicted octanol–water partition coefficient (Wildman–Crippen LogP) is 1.18. The first-order chi connectivity index (χ1) is 12.8. The summed E-state index contributed by atoms with van der Waals surface area (Å²) in [7, 11) is -3.39. The molecule has 0 spiro atoms. The second-order valence-corrected chi connectivity index (χ2v) is 9.65. The van der Waals surface area contributed by atoms with Gasteiger partial charge in [0.2, 0.25) is 21.8 Å². The maximum Gasteiger partial charge on any atom is 0.231 e. The number of allylic oxidation sites excluding steroid dienone is 2. The maximum absolute atomic E-state index is 12.5. The number of thiazole rings is 1. The average Bonchev–Trinajstić information content (AvgIpc) is 3.02. The van der Waals surface area contributed by atoms with Crippen LogP contribution in [0.2, 0.25) is 0 Å². The minimum absolute atomic E-state index is 0.0380. The molecule has 1 fully saturated rings. The van der Waals surface area contributed by atoms with Gasteiger partial charge in [0.05, 0.1) is 24.4 Å². The Morgan fingerprint density at radius 1 is 1.37 bits per heavy atom. The molecule has 1 aromatic rings. The third-order valence-electron chi connectivity index (χ3n) is 4.77. The quantitative estimate of drug-likeness (QED) is 0.607. The maximum atomic E-state index is 12.5. The Bertz CT molecular complexity index is 834. The summed E-state index contributed by atoms with van der Waals surface area (Å²) in [6, 6.07) is -0.156. The van der Waals surface area contributed by atoms with E-state index in [0.29, 0.717) is 24.5 Å². The standard InChI is InChI=1S/C17H24N4O4S2/c1-27(24,25)21-17-18-12(10-26-17)9-15(23)19-13-7-8-14(22)20-16(13)11-5-3-2-4-6-11/h2-3,10-11,13,16H,4-9H2,1H3,(H,18,21)(H,19,23)(H,20,22)/t11-,13+,16-/m0/s1. The van der Waals surface area contributed by atoms with E-state index in [2.05, 4.69) is 32.5 Å². The van der Waals surface area contributed by atoms with Gasteiger partial charge in [-0.15, -0.1) is 11.3 Å². The van der Waals surface area contributed by atoms with Crippen molar-refractivity contribution >= 4 is 38.3 Å². The zero-order valence-electron chi connectivity index (χ0n) is 15.1. The molecule has 3 rings (SSSR count). The SMILES string of the molecule is CS(=O)(=O)Nc1nc(CC(=O)N[C@@H]2CCC(=O)N[C@H]2[C@H]2CC=CCC2)cs1. The molecule has 1 aliphatic heterocycles. The molecular weight excluding hydrogens is 388 g/mol. The Morgan fingerprint density at radius 3 is 2.89 bits per heavy atom. The molecule has 0 aromatic carbocycles. The van der Waals surface area contributed by atoms with E-state index in [1.54, 1.807) is 5.38 Å². The summed E-state index contributed by atoms with van der Waals surface area (Å²) >= 11 is 1.14. The van der Waals surface area contributed by atoms with Crippen LogP contribution in [0.1, 0.15) is 37.8 Å². The topological polar surface area (TPSA) is 117 Å². The second-order valence-electron chi connectivity index (χ2n) is 7.05. The number of nitrogens with zero attached hydrogens (tertiary/aromatic N) is 1. The molecule has 8 nitrogen and oxygen atoms in total. The lowest BCUT2D eigenvalue weighted by atomic mass is 9.81. The molecule has 0 bridgehead atoms. The molecule has 2 heterocycles. The fourth-order valence-corrected chi connectivity index (χ4v) is 5.16. The van der Waals surface area contributed by atoms with Gasteiger partial charge in [-0.1, -0.05) is 12.2 Å². The molecule has 1 aromatic heterocycles. The van der Waals surface area contributed by atoms with Crippen molar-refractivity contribution in [3.8, 4) is 0 Å². The van der Waals surface area contributed by atoms with Gasteiger partial charge in [-0.05, 0) is 31.6 Å². The molecule has 3 atom stereocenters. The fraction of sp³-hybridized carbons (Fsp3) is 0.588. The Hall–Kier alpha value is -1.94. The van der Waals surface area contributed by atoms with E-state index in [1.807, 2.05) is 0 Å². The van der Waals surface area contributed by atoms with Crippen molar-refractivity contribution in [2.45, 2.75) is 50.6 Å². The molecule has 0 radical (unpaired) electrons. The predicted molar refractivity (Wildman–Crippen MR) is 104 cm³/mol. The molecule has 2 amide bonds. The number of anilines is 1. The molecule has 148 valence electrons. The lowest BCUT2D eigenvalue weighted by Gasteiger charge is -2.38. The average molecular weight is 413 g/mol. The Kier molecular flexibility index (Phi) is 6.15. The number of hydrogen-bond acceptors (Lipinski definition) is 6. The van der Waals surface area contributed by atoms with E-state index in [9.17, 15) is 18.0 Å². The zero-order chi connectivity index (χ0) is 19.4. The van der Waals surface area contributed by atoms with Crippen LogP contribution in [0.3, 0.4) is 0 Å². The van der Waals surface area contributed by atoms with Crippen LogP contribution in [0.25, 0.3) is 0 Å². The van der Waals surface area contributed by atoms with Crippen LogP contribution in [-0.4, -0.2) is 43.6 Å². The van der Waals surface area contributed by atoms with Crippen LogP contribution in [0.4, 0.5) is 5.13 Å². The number of sulfonamides is 1. The van der Waals surface area contributed by atoms with Crippen LogP contribution in [0.5, 0.6) is 0 Å². The first-order valence-corrected chi connectivity index (χ1v) is 11.7. The Morgan fingerprint density at radius 2 is 2.19 bits per heavy atom. The highest BCUT2D eigenvalue weighted by molar-refractivity contribution is 7.92. The van der Waals surface area contributed by atoms with Gasteiger partial charge in [0.15, 0.2) is 5.13 Å². The molecule has 3 N–H and O–H groups in total. The Balaban J connectivity index is 1.60. The van der Waals surface area contributed by atoms with Gasteiger partial charge >= 0.3 is 0 Å². The van der Waals surface area contributed by atoms with Crippen LogP contribution in [-0.2, 0) is 26.0 Å². The number of nitrogens with one attached hydrogen (secondary N) is 3. The third-order valence-corrected chi connectivity index (χ3v) is 6.27. The molecule has 10 heteroatoms. The molecule has 0 unspecified atom stereocenters. The summed E-state index contributed by atoms with van der Waals surface area (Å²) in [4.78, 5) is 28.5. The first-order valence-electron chi connectivity index (χ1n) is 8.96. The highest BCUT2D eigenvalue weighted by Crippen LogP contribution is 2.27. The molecular formula is C17H24N4O4S2. The van der Waals surface area contributed by atoms with Gasteiger partial charge < -0.3 is 10.6 Å². The molecule has 27 heavy (non-hydrogen) atoms. The molecule has 1 aliphatic carbocycles. The summed E-state index contributed by atoms with van der Waals surface area (Å²) in [6.45, 7) is 0. The van der Waals surface area contributed by atoms with Crippen molar-refractivity contribution in [2.75, 3.05) is 11.0 Å². The third kappa shape index (κ3) is 5.77. The van der Waals surface area contributed by atoms with Crippen LogP contribution in [0.15, 0.2) is 17.5 Å². The van der Waals surface area contributed by atoms with Crippen LogP contribution in [0, 0.1) is 5.92 Å². The van der Waals surface area contributed by atoms with E-state index in [1.165, 1.54) is 0 Å². The normalized spacial score (nSPS) is 25.7. The monoisotopic (exact) mass is 412 g/mol. The van der Waals surface area contributed by atoms with Gasteiger partial charge in [-0.3, -0.25) is 14.3 Å². The van der Waals surface area contributed by atoms with Crippen LogP contribution >= 0.6 is 11.3 Å². The number of amides is 2. The summed E-state index contributed by atoms with van der Waals surface area (Å²) in [6.07, 6.45) is 9.35. The minimum Gasteiger partial charge on any atom is -0.351 e. The zero-order valence-corrected chi connectivity index (χ0v) is 16.7. The van der Waals surface area contributed by atoms with E-state index >= 15 is 0 Å². The van der Waals surface area contributed by atoms with Gasteiger partial charge in [0.1, 0.15) is 0 Å². The first kappa shape index (κ1) is 19.8. The second kappa shape index (κ2) is 8.39. The molecule has 0 saturated carbocycles. The Labute approximate surface area is 162 Å². The number of piperidine rings is 1. The number of carbonyl (C=O) groups excluding carboxylic acids is 2. The smallest absolute Gasteiger partial charge is 0.231 e. The summed E-state index contributed by atoms with van der Waals surface area (Å²) in [5, 5.41) is 8.01. The van der Waals surface area contributed by atoms with E-state index in [-0.39, 0.29) is 35.5 Å². The lowest BCUT2D eigenvalue weighted by molar-refractivity contribution is -0.127. The fourth-order valence-electron chi connectivity index (χ4n) is 3.59. The van der Waals surface area contributed by atoms with Gasteiger partial charge in [0, 0.05) is 17.8 Å². The van der Waals surface area contributed by atoms with Crippen LogP contribution < -0.4 is 15.4 Å². The largest absolute Gasteiger partial charge is 0.351 e.